The normalized spacial score (nSPS) is 17.3. The third-order valence-electron chi connectivity index (χ3n) is 5.02. The summed E-state index contributed by atoms with van der Waals surface area (Å²) in [7, 11) is 0. The number of hydrogen-bond donors (Lipinski definition) is 0. The number of carbonyl (C=O) groups is 2. The molecule has 2 aliphatic rings. The molecule has 0 bridgehead atoms. The van der Waals surface area contributed by atoms with Gasteiger partial charge in [-0.2, -0.15) is 0 Å². The molecule has 2 aromatic rings. The monoisotopic (exact) mass is 350 g/mol. The molecule has 0 unspecified atom stereocenters. The molecule has 2 aliphatic heterocycles. The Labute approximate surface area is 153 Å². The van der Waals surface area contributed by atoms with Gasteiger partial charge in [-0.25, -0.2) is 0 Å². The van der Waals surface area contributed by atoms with Gasteiger partial charge < -0.3 is 14.5 Å². The second-order valence-corrected chi connectivity index (χ2v) is 6.77. The minimum atomic E-state index is -0.592. The van der Waals surface area contributed by atoms with Crippen LogP contribution >= 0.6 is 0 Å². The van der Waals surface area contributed by atoms with Gasteiger partial charge in [0.25, 0.3) is 5.91 Å². The Morgan fingerprint density at radius 3 is 2.73 bits per heavy atom. The number of anilines is 2. The minimum Gasteiger partial charge on any atom is -0.481 e. The Morgan fingerprint density at radius 2 is 1.92 bits per heavy atom. The van der Waals surface area contributed by atoms with Crippen molar-refractivity contribution in [2.75, 3.05) is 22.9 Å². The fraction of sp³-hybridized carbons (Fsp3) is 0.333. The minimum absolute atomic E-state index is 0.0439. The zero-order chi connectivity index (χ0) is 18.1. The van der Waals surface area contributed by atoms with Crippen LogP contribution in [0.25, 0.3) is 0 Å². The second kappa shape index (κ2) is 6.83. The average molecular weight is 350 g/mol. The van der Waals surface area contributed by atoms with E-state index in [0.29, 0.717) is 18.7 Å². The molecule has 4 rings (SSSR count). The molecular weight excluding hydrogens is 328 g/mol. The molecule has 0 aliphatic carbocycles. The molecule has 26 heavy (non-hydrogen) atoms. The lowest BCUT2D eigenvalue weighted by molar-refractivity contribution is -0.124. The summed E-state index contributed by atoms with van der Waals surface area (Å²) in [5.74, 6) is 0.702. The number of ether oxygens (including phenoxy) is 1. The van der Waals surface area contributed by atoms with Crippen LogP contribution in [0.5, 0.6) is 5.75 Å². The predicted octanol–water partition coefficient (Wildman–Crippen LogP) is 3.17. The van der Waals surface area contributed by atoms with Crippen molar-refractivity contribution in [2.45, 2.75) is 32.3 Å². The van der Waals surface area contributed by atoms with Gasteiger partial charge in [0.15, 0.2) is 6.10 Å². The van der Waals surface area contributed by atoms with Gasteiger partial charge in [0.2, 0.25) is 5.91 Å². The van der Waals surface area contributed by atoms with Crippen molar-refractivity contribution in [2.24, 2.45) is 0 Å². The van der Waals surface area contributed by atoms with Crippen LogP contribution < -0.4 is 14.5 Å². The summed E-state index contributed by atoms with van der Waals surface area (Å²) in [6, 6.07) is 15.4. The summed E-state index contributed by atoms with van der Waals surface area (Å²) in [6.07, 6.45) is 1.76. The molecule has 2 amide bonds. The first-order chi connectivity index (χ1) is 12.6. The van der Waals surface area contributed by atoms with E-state index in [1.54, 1.807) is 16.7 Å². The molecule has 5 nitrogen and oxygen atoms in total. The standard InChI is InChI=1S/C21H22N2O3/c1-15(21(25)23-13-11-16-6-2-3-9-19(16)23)26-18-8-4-7-17(14-18)22-12-5-10-20(22)24/h2-4,6-9,14-15H,5,10-13H2,1H3/t15-/m0/s1. The van der Waals surface area contributed by atoms with Gasteiger partial charge in [-0.3, -0.25) is 9.59 Å². The van der Waals surface area contributed by atoms with E-state index < -0.39 is 6.10 Å². The largest absolute Gasteiger partial charge is 0.481 e. The summed E-state index contributed by atoms with van der Waals surface area (Å²) in [5.41, 5.74) is 3.00. The van der Waals surface area contributed by atoms with Gasteiger partial charge in [-0.05, 0) is 43.5 Å². The molecule has 0 saturated carbocycles. The Bertz CT molecular complexity index is 849. The fourth-order valence-electron chi connectivity index (χ4n) is 3.69. The third-order valence-corrected chi connectivity index (χ3v) is 5.02. The SMILES string of the molecule is C[C@H](Oc1cccc(N2CCCC2=O)c1)C(=O)N1CCc2ccccc21. The first kappa shape index (κ1) is 16.6. The van der Waals surface area contributed by atoms with E-state index >= 15 is 0 Å². The van der Waals surface area contributed by atoms with Crippen molar-refractivity contribution in [3.8, 4) is 5.75 Å². The van der Waals surface area contributed by atoms with Crippen molar-refractivity contribution in [3.05, 3.63) is 54.1 Å². The summed E-state index contributed by atoms with van der Waals surface area (Å²) in [4.78, 5) is 28.3. The molecule has 1 saturated heterocycles. The van der Waals surface area contributed by atoms with Gasteiger partial charge in [0.05, 0.1) is 0 Å². The maximum Gasteiger partial charge on any atom is 0.267 e. The molecule has 2 aromatic carbocycles. The lowest BCUT2D eigenvalue weighted by Gasteiger charge is -2.23. The number of rotatable bonds is 4. The highest BCUT2D eigenvalue weighted by molar-refractivity contribution is 5.98. The third kappa shape index (κ3) is 3.05. The first-order valence-electron chi connectivity index (χ1n) is 9.10. The zero-order valence-corrected chi connectivity index (χ0v) is 14.9. The van der Waals surface area contributed by atoms with E-state index in [2.05, 4.69) is 6.07 Å². The number of carbonyl (C=O) groups excluding carboxylic acids is 2. The summed E-state index contributed by atoms with van der Waals surface area (Å²) < 4.78 is 5.91. The van der Waals surface area contributed by atoms with Crippen LogP contribution in [-0.2, 0) is 16.0 Å². The van der Waals surface area contributed by atoms with Gasteiger partial charge >= 0.3 is 0 Å². The number of amides is 2. The van der Waals surface area contributed by atoms with Gasteiger partial charge in [0, 0.05) is 37.0 Å². The topological polar surface area (TPSA) is 49.9 Å². The summed E-state index contributed by atoms with van der Waals surface area (Å²) in [6.45, 7) is 3.20. The van der Waals surface area contributed by atoms with Crippen LogP contribution in [0, 0.1) is 0 Å². The van der Waals surface area contributed by atoms with E-state index in [1.165, 1.54) is 5.56 Å². The number of nitrogens with zero attached hydrogens (tertiary/aromatic N) is 2. The molecule has 1 atom stereocenters. The molecule has 134 valence electrons. The molecule has 0 aromatic heterocycles. The molecule has 5 heteroatoms. The maximum atomic E-state index is 12.8. The Morgan fingerprint density at radius 1 is 1.08 bits per heavy atom. The number of benzene rings is 2. The van der Waals surface area contributed by atoms with Gasteiger partial charge in [0.1, 0.15) is 5.75 Å². The lowest BCUT2D eigenvalue weighted by atomic mass is 10.2. The number of fused-ring (bicyclic) bond motifs is 1. The van der Waals surface area contributed by atoms with E-state index in [9.17, 15) is 9.59 Å². The fourth-order valence-corrected chi connectivity index (χ4v) is 3.69. The van der Waals surface area contributed by atoms with E-state index in [4.69, 9.17) is 4.74 Å². The highest BCUT2D eigenvalue weighted by Crippen LogP contribution is 2.29. The lowest BCUT2D eigenvalue weighted by Crippen LogP contribution is -2.39. The van der Waals surface area contributed by atoms with Crippen LogP contribution in [0.4, 0.5) is 11.4 Å². The van der Waals surface area contributed by atoms with Gasteiger partial charge in [-0.1, -0.05) is 24.3 Å². The zero-order valence-electron chi connectivity index (χ0n) is 14.9. The van der Waals surface area contributed by atoms with E-state index in [1.807, 2.05) is 42.5 Å². The highest BCUT2D eigenvalue weighted by atomic mass is 16.5. The predicted molar refractivity (Wildman–Crippen MR) is 101 cm³/mol. The first-order valence-corrected chi connectivity index (χ1v) is 9.10. The van der Waals surface area contributed by atoms with Crippen LogP contribution in [0.15, 0.2) is 48.5 Å². The summed E-state index contributed by atoms with van der Waals surface area (Å²) >= 11 is 0. The second-order valence-electron chi connectivity index (χ2n) is 6.77. The maximum absolute atomic E-state index is 12.8. The van der Waals surface area contributed by atoms with Crippen LogP contribution in [0.3, 0.4) is 0 Å². The van der Waals surface area contributed by atoms with Crippen molar-refractivity contribution >= 4 is 23.2 Å². The Balaban J connectivity index is 1.47. The molecule has 0 spiro atoms. The smallest absolute Gasteiger partial charge is 0.267 e. The molecule has 1 fully saturated rings. The quantitative estimate of drug-likeness (QED) is 0.851. The average Bonchev–Trinajstić information content (AvgIpc) is 3.27. The highest BCUT2D eigenvalue weighted by Gasteiger charge is 2.29. The molecule has 0 radical (unpaired) electrons. The number of hydrogen-bond acceptors (Lipinski definition) is 3. The van der Waals surface area contributed by atoms with Crippen LogP contribution in [0.2, 0.25) is 0 Å². The van der Waals surface area contributed by atoms with Crippen LogP contribution in [-0.4, -0.2) is 31.0 Å². The van der Waals surface area contributed by atoms with E-state index in [-0.39, 0.29) is 11.8 Å². The Hall–Kier alpha value is -2.82. The number of para-hydroxylation sites is 1. The Kier molecular flexibility index (Phi) is 4.37. The molecular formula is C21H22N2O3. The van der Waals surface area contributed by atoms with Crippen molar-refractivity contribution in [1.82, 2.24) is 0 Å². The van der Waals surface area contributed by atoms with Crippen molar-refractivity contribution in [3.63, 3.8) is 0 Å². The van der Waals surface area contributed by atoms with E-state index in [0.717, 1.165) is 30.8 Å². The van der Waals surface area contributed by atoms with Crippen LogP contribution in [0.1, 0.15) is 25.3 Å². The molecule has 0 N–H and O–H groups in total. The van der Waals surface area contributed by atoms with Gasteiger partial charge in [-0.15, -0.1) is 0 Å². The molecule has 2 heterocycles. The van der Waals surface area contributed by atoms with Crippen molar-refractivity contribution < 1.29 is 14.3 Å². The van der Waals surface area contributed by atoms with Crippen molar-refractivity contribution in [1.29, 1.82) is 0 Å². The summed E-state index contributed by atoms with van der Waals surface area (Å²) in [5, 5.41) is 0.